The molecule has 6 nitrogen and oxygen atoms in total. The molecule has 0 aliphatic heterocycles. The summed E-state index contributed by atoms with van der Waals surface area (Å²) in [6.45, 7) is 7.77. The molecule has 0 fully saturated rings. The molecular weight excluding hydrogens is 276 g/mol. The molecule has 1 atom stereocenters. The summed E-state index contributed by atoms with van der Waals surface area (Å²) >= 11 is 0. The molecule has 0 saturated heterocycles. The first-order valence-corrected chi connectivity index (χ1v) is 7.60. The van der Waals surface area contributed by atoms with Gasteiger partial charge in [0.25, 0.3) is 0 Å². The number of rotatable bonds is 13. The van der Waals surface area contributed by atoms with Gasteiger partial charge in [0.15, 0.2) is 0 Å². The lowest BCUT2D eigenvalue weighted by atomic mass is 10.3. The van der Waals surface area contributed by atoms with Gasteiger partial charge in [-0.3, -0.25) is 9.59 Å². The fraction of sp³-hybridized carbons (Fsp3) is 0.867. The second-order valence-electron chi connectivity index (χ2n) is 4.59. The van der Waals surface area contributed by atoms with E-state index in [1.807, 2.05) is 13.8 Å². The molecule has 0 amide bonds. The van der Waals surface area contributed by atoms with Crippen LogP contribution in [-0.2, 0) is 28.5 Å². The van der Waals surface area contributed by atoms with E-state index in [1.54, 1.807) is 6.92 Å². The summed E-state index contributed by atoms with van der Waals surface area (Å²) in [7, 11) is 0. The quantitative estimate of drug-likeness (QED) is 0.383. The normalized spacial score (nSPS) is 12.0. The minimum Gasteiger partial charge on any atom is -0.466 e. The minimum atomic E-state index is -0.242. The maximum Gasteiger partial charge on any atom is 0.308 e. The van der Waals surface area contributed by atoms with E-state index in [1.165, 1.54) is 0 Å². The lowest BCUT2D eigenvalue weighted by Gasteiger charge is -2.10. The average Bonchev–Trinajstić information content (AvgIpc) is 2.45. The van der Waals surface area contributed by atoms with Gasteiger partial charge in [-0.05, 0) is 26.7 Å². The molecule has 0 aliphatic rings. The molecule has 0 heterocycles. The van der Waals surface area contributed by atoms with Crippen LogP contribution >= 0.6 is 0 Å². The molecule has 0 aromatic carbocycles. The van der Waals surface area contributed by atoms with Gasteiger partial charge in [-0.1, -0.05) is 6.92 Å². The van der Waals surface area contributed by atoms with E-state index in [0.29, 0.717) is 33.0 Å². The van der Waals surface area contributed by atoms with E-state index in [4.69, 9.17) is 18.9 Å². The summed E-state index contributed by atoms with van der Waals surface area (Å²) in [5.74, 6) is -0.469. The van der Waals surface area contributed by atoms with Crippen LogP contribution < -0.4 is 0 Å². The van der Waals surface area contributed by atoms with Crippen LogP contribution in [0.25, 0.3) is 0 Å². The van der Waals surface area contributed by atoms with Gasteiger partial charge < -0.3 is 18.9 Å². The highest BCUT2D eigenvalue weighted by Crippen LogP contribution is 1.99. The second-order valence-corrected chi connectivity index (χ2v) is 4.59. The van der Waals surface area contributed by atoms with Crippen molar-refractivity contribution in [2.45, 2.75) is 52.6 Å². The Morgan fingerprint density at radius 1 is 0.905 bits per heavy atom. The van der Waals surface area contributed by atoms with Crippen LogP contribution in [0.15, 0.2) is 0 Å². The van der Waals surface area contributed by atoms with Crippen molar-refractivity contribution in [1.29, 1.82) is 0 Å². The second kappa shape index (κ2) is 13.8. The Morgan fingerprint density at radius 3 is 2.00 bits per heavy atom. The summed E-state index contributed by atoms with van der Waals surface area (Å²) < 4.78 is 20.5. The van der Waals surface area contributed by atoms with E-state index in [-0.39, 0.29) is 30.9 Å². The summed E-state index contributed by atoms with van der Waals surface area (Å²) in [6.07, 6.45) is 2.05. The third-order valence-electron chi connectivity index (χ3n) is 2.69. The first-order valence-electron chi connectivity index (χ1n) is 7.60. The topological polar surface area (TPSA) is 71.1 Å². The molecule has 0 saturated carbocycles. The zero-order valence-corrected chi connectivity index (χ0v) is 13.4. The molecule has 124 valence electrons. The zero-order valence-electron chi connectivity index (χ0n) is 13.4. The fourth-order valence-electron chi connectivity index (χ4n) is 1.38. The largest absolute Gasteiger partial charge is 0.466 e. The number of ether oxygens (including phenoxy) is 4. The summed E-state index contributed by atoms with van der Waals surface area (Å²) in [5.41, 5.74) is 0. The van der Waals surface area contributed by atoms with Gasteiger partial charge in [-0.2, -0.15) is 0 Å². The lowest BCUT2D eigenvalue weighted by Crippen LogP contribution is -2.15. The van der Waals surface area contributed by atoms with Crippen LogP contribution in [-0.4, -0.2) is 51.1 Å². The number of carbonyl (C=O) groups is 2. The molecule has 0 radical (unpaired) electrons. The molecule has 0 spiro atoms. The predicted octanol–water partition coefficient (Wildman–Crippen LogP) is 2.09. The van der Waals surface area contributed by atoms with Crippen molar-refractivity contribution in [3.63, 3.8) is 0 Å². The van der Waals surface area contributed by atoms with Gasteiger partial charge in [-0.15, -0.1) is 0 Å². The molecule has 0 aliphatic carbocycles. The zero-order chi connectivity index (χ0) is 15.9. The number of carbonyl (C=O) groups excluding carboxylic acids is 2. The van der Waals surface area contributed by atoms with Crippen molar-refractivity contribution >= 4 is 11.9 Å². The molecule has 1 unspecified atom stereocenters. The van der Waals surface area contributed by atoms with Crippen LogP contribution in [0.3, 0.4) is 0 Å². The van der Waals surface area contributed by atoms with Crippen LogP contribution in [0.1, 0.15) is 46.5 Å². The van der Waals surface area contributed by atoms with Crippen molar-refractivity contribution in [2.24, 2.45) is 0 Å². The van der Waals surface area contributed by atoms with Crippen molar-refractivity contribution in [2.75, 3.05) is 33.0 Å². The number of hydrogen-bond acceptors (Lipinski definition) is 6. The van der Waals surface area contributed by atoms with Gasteiger partial charge >= 0.3 is 11.9 Å². The van der Waals surface area contributed by atoms with Crippen molar-refractivity contribution in [1.82, 2.24) is 0 Å². The van der Waals surface area contributed by atoms with E-state index in [9.17, 15) is 9.59 Å². The van der Waals surface area contributed by atoms with Crippen LogP contribution in [0.5, 0.6) is 0 Å². The van der Waals surface area contributed by atoms with Crippen molar-refractivity contribution < 1.29 is 28.5 Å². The van der Waals surface area contributed by atoms with Gasteiger partial charge in [-0.25, -0.2) is 0 Å². The number of esters is 2. The SMILES string of the molecule is CCOC(=O)CCOCCCOCCC(=O)OC(C)CC. The molecule has 0 aromatic rings. The maximum absolute atomic E-state index is 11.3. The maximum atomic E-state index is 11.3. The van der Waals surface area contributed by atoms with Crippen molar-refractivity contribution in [3.8, 4) is 0 Å². The Labute approximate surface area is 127 Å². The third kappa shape index (κ3) is 13.6. The monoisotopic (exact) mass is 304 g/mol. The Hall–Kier alpha value is -1.14. The van der Waals surface area contributed by atoms with Crippen LogP contribution in [0, 0.1) is 0 Å². The Balaban J connectivity index is 3.26. The Bertz CT molecular complexity index is 279. The molecule has 0 N–H and O–H groups in total. The van der Waals surface area contributed by atoms with E-state index in [2.05, 4.69) is 0 Å². The van der Waals surface area contributed by atoms with Crippen molar-refractivity contribution in [3.05, 3.63) is 0 Å². The highest BCUT2D eigenvalue weighted by atomic mass is 16.5. The molecular formula is C15H28O6. The lowest BCUT2D eigenvalue weighted by molar-refractivity contribution is -0.149. The van der Waals surface area contributed by atoms with Gasteiger partial charge in [0, 0.05) is 13.2 Å². The first kappa shape index (κ1) is 19.9. The Morgan fingerprint density at radius 2 is 1.48 bits per heavy atom. The minimum absolute atomic E-state index is 0.0368. The molecule has 6 heteroatoms. The highest BCUT2D eigenvalue weighted by Gasteiger charge is 2.07. The average molecular weight is 304 g/mol. The standard InChI is InChI=1S/C15H28O6/c1-4-13(3)21-15(17)8-12-19-10-6-9-18-11-7-14(16)20-5-2/h13H,4-12H2,1-3H3. The summed E-state index contributed by atoms with van der Waals surface area (Å²) in [6, 6.07) is 0. The van der Waals surface area contributed by atoms with Gasteiger partial charge in [0.05, 0.1) is 38.8 Å². The predicted molar refractivity (Wildman–Crippen MR) is 78.0 cm³/mol. The van der Waals surface area contributed by atoms with Gasteiger partial charge in [0.1, 0.15) is 0 Å². The molecule has 21 heavy (non-hydrogen) atoms. The van der Waals surface area contributed by atoms with Gasteiger partial charge in [0.2, 0.25) is 0 Å². The van der Waals surface area contributed by atoms with Crippen LogP contribution in [0.2, 0.25) is 0 Å². The fourth-order valence-corrected chi connectivity index (χ4v) is 1.38. The van der Waals surface area contributed by atoms with E-state index in [0.717, 1.165) is 12.8 Å². The summed E-state index contributed by atoms with van der Waals surface area (Å²) in [4.78, 5) is 22.3. The third-order valence-corrected chi connectivity index (χ3v) is 2.69. The van der Waals surface area contributed by atoms with E-state index < -0.39 is 0 Å². The van der Waals surface area contributed by atoms with E-state index >= 15 is 0 Å². The Kier molecular flexibility index (Phi) is 13.1. The van der Waals surface area contributed by atoms with Crippen LogP contribution in [0.4, 0.5) is 0 Å². The molecule has 0 aromatic heterocycles. The highest BCUT2D eigenvalue weighted by molar-refractivity contribution is 5.69. The first-order chi connectivity index (χ1) is 10.1. The molecule has 0 rings (SSSR count). The smallest absolute Gasteiger partial charge is 0.308 e. The molecule has 0 bridgehead atoms. The summed E-state index contributed by atoms with van der Waals surface area (Å²) in [5, 5.41) is 0. The number of hydrogen-bond donors (Lipinski definition) is 0.